The van der Waals surface area contributed by atoms with Gasteiger partial charge in [0, 0.05) is 59.2 Å². The first kappa shape index (κ1) is 23.1. The van der Waals surface area contributed by atoms with Gasteiger partial charge in [-0.15, -0.1) is 11.3 Å². The molecule has 34 heavy (non-hydrogen) atoms. The SMILES string of the molecule is CC(=O)NC(C)(C)c1cc2nccc(-c3cc(Cl)cc4c3OC(C(=O)N3CCCCC3)C4)c2s1. The Balaban J connectivity index is 1.53. The fraction of sp³-hybridized carbons (Fsp3) is 0.423. The third kappa shape index (κ3) is 4.27. The molecule has 1 aromatic carbocycles. The number of rotatable bonds is 4. The molecule has 2 aliphatic rings. The highest BCUT2D eigenvalue weighted by Crippen LogP contribution is 2.45. The number of nitrogens with zero attached hydrogens (tertiary/aromatic N) is 2. The van der Waals surface area contributed by atoms with Crippen molar-refractivity contribution in [3.05, 3.63) is 45.9 Å². The normalized spacial score (nSPS) is 18.0. The Kier molecular flexibility index (Phi) is 6.02. The third-order valence-corrected chi connectivity index (χ3v) is 8.25. The van der Waals surface area contributed by atoms with Gasteiger partial charge in [-0.25, -0.2) is 0 Å². The lowest BCUT2D eigenvalue weighted by Gasteiger charge is -2.28. The van der Waals surface area contributed by atoms with Crippen LogP contribution in [0.3, 0.4) is 0 Å². The predicted octanol–water partition coefficient (Wildman–Crippen LogP) is 5.30. The van der Waals surface area contributed by atoms with Gasteiger partial charge >= 0.3 is 0 Å². The van der Waals surface area contributed by atoms with E-state index in [1.54, 1.807) is 17.5 Å². The number of aromatic nitrogens is 1. The Bertz CT molecular complexity index is 1280. The summed E-state index contributed by atoms with van der Waals surface area (Å²) >= 11 is 8.13. The third-order valence-electron chi connectivity index (χ3n) is 6.55. The van der Waals surface area contributed by atoms with Gasteiger partial charge in [-0.1, -0.05) is 11.6 Å². The van der Waals surface area contributed by atoms with Crippen molar-refractivity contribution < 1.29 is 14.3 Å². The zero-order chi connectivity index (χ0) is 24.0. The Morgan fingerprint density at radius 3 is 2.68 bits per heavy atom. The monoisotopic (exact) mass is 497 g/mol. The van der Waals surface area contributed by atoms with Crippen LogP contribution in [0.25, 0.3) is 21.3 Å². The summed E-state index contributed by atoms with van der Waals surface area (Å²) in [5, 5.41) is 3.63. The van der Waals surface area contributed by atoms with Gasteiger partial charge in [-0.3, -0.25) is 14.6 Å². The lowest BCUT2D eigenvalue weighted by Crippen LogP contribution is -2.43. The zero-order valence-electron chi connectivity index (χ0n) is 19.6. The summed E-state index contributed by atoms with van der Waals surface area (Å²) in [5.74, 6) is 0.706. The van der Waals surface area contributed by atoms with Crippen LogP contribution in [0.2, 0.25) is 5.02 Å². The fourth-order valence-corrected chi connectivity index (χ4v) is 6.38. The topological polar surface area (TPSA) is 71.5 Å². The highest BCUT2D eigenvalue weighted by Gasteiger charge is 2.35. The van der Waals surface area contributed by atoms with E-state index < -0.39 is 11.6 Å². The molecule has 0 bridgehead atoms. The second-order valence-electron chi connectivity index (χ2n) is 9.63. The van der Waals surface area contributed by atoms with Crippen molar-refractivity contribution in [3.8, 4) is 16.9 Å². The number of fused-ring (bicyclic) bond motifs is 2. The van der Waals surface area contributed by atoms with E-state index in [1.807, 2.05) is 43.0 Å². The maximum absolute atomic E-state index is 13.1. The van der Waals surface area contributed by atoms with Gasteiger partial charge in [-0.05, 0) is 57.4 Å². The van der Waals surface area contributed by atoms with Crippen LogP contribution in [0.1, 0.15) is 50.5 Å². The van der Waals surface area contributed by atoms with E-state index in [4.69, 9.17) is 16.3 Å². The maximum atomic E-state index is 13.1. The van der Waals surface area contributed by atoms with Crippen molar-refractivity contribution in [2.75, 3.05) is 13.1 Å². The Morgan fingerprint density at radius 2 is 1.94 bits per heavy atom. The molecule has 1 unspecified atom stereocenters. The summed E-state index contributed by atoms with van der Waals surface area (Å²) in [7, 11) is 0. The molecule has 2 aliphatic heterocycles. The van der Waals surface area contributed by atoms with E-state index in [0.717, 1.165) is 63.5 Å². The van der Waals surface area contributed by atoms with Crippen molar-refractivity contribution in [3.63, 3.8) is 0 Å². The number of hydrogen-bond donors (Lipinski definition) is 1. The standard InChI is InChI=1S/C26H28ClN3O3S/c1-15(31)29-26(2,3)22-14-20-24(34-22)18(7-8-28-20)19-13-17(27)11-16-12-21(33-23(16)19)25(32)30-9-5-4-6-10-30/h7-8,11,13-14,21H,4-6,9-10,12H2,1-3H3,(H,29,31). The number of piperidine rings is 1. The number of nitrogens with one attached hydrogen (secondary N) is 1. The van der Waals surface area contributed by atoms with Crippen molar-refractivity contribution in [1.29, 1.82) is 0 Å². The summed E-state index contributed by atoms with van der Waals surface area (Å²) in [6.45, 7) is 7.09. The molecular formula is C26H28ClN3O3S. The second kappa shape index (κ2) is 8.86. The Labute approximate surface area is 208 Å². The molecule has 2 aromatic heterocycles. The molecule has 0 aliphatic carbocycles. The fourth-order valence-electron chi connectivity index (χ4n) is 4.94. The van der Waals surface area contributed by atoms with E-state index in [-0.39, 0.29) is 11.8 Å². The number of carbonyl (C=O) groups excluding carboxylic acids is 2. The molecule has 178 valence electrons. The van der Waals surface area contributed by atoms with Crippen LogP contribution in [0.15, 0.2) is 30.5 Å². The van der Waals surface area contributed by atoms with Crippen molar-refractivity contribution >= 4 is 45.0 Å². The highest BCUT2D eigenvalue weighted by molar-refractivity contribution is 7.19. The average molecular weight is 498 g/mol. The molecule has 4 heterocycles. The number of thiophene rings is 1. The van der Waals surface area contributed by atoms with Crippen LogP contribution in [0, 0.1) is 0 Å². The Hall–Kier alpha value is -2.64. The number of ether oxygens (including phenoxy) is 1. The molecule has 0 saturated carbocycles. The van der Waals surface area contributed by atoms with Crippen LogP contribution >= 0.6 is 22.9 Å². The summed E-state index contributed by atoms with van der Waals surface area (Å²) in [6, 6.07) is 7.79. The number of halogens is 1. The maximum Gasteiger partial charge on any atom is 0.263 e. The van der Waals surface area contributed by atoms with E-state index in [1.165, 1.54) is 13.3 Å². The summed E-state index contributed by atoms with van der Waals surface area (Å²) in [4.78, 5) is 32.4. The van der Waals surface area contributed by atoms with E-state index in [0.29, 0.717) is 11.4 Å². The molecule has 3 aromatic rings. The van der Waals surface area contributed by atoms with Crippen LogP contribution in [0.5, 0.6) is 5.75 Å². The molecular weight excluding hydrogens is 470 g/mol. The molecule has 8 heteroatoms. The smallest absolute Gasteiger partial charge is 0.263 e. The van der Waals surface area contributed by atoms with Gasteiger partial charge in [0.25, 0.3) is 5.91 Å². The molecule has 6 nitrogen and oxygen atoms in total. The number of hydrogen-bond acceptors (Lipinski definition) is 5. The predicted molar refractivity (Wildman–Crippen MR) is 135 cm³/mol. The largest absolute Gasteiger partial charge is 0.479 e. The number of pyridine rings is 1. The van der Waals surface area contributed by atoms with E-state index in [2.05, 4.69) is 10.3 Å². The van der Waals surface area contributed by atoms with Crippen LogP contribution < -0.4 is 10.1 Å². The first-order valence-electron chi connectivity index (χ1n) is 11.7. The molecule has 0 spiro atoms. The molecule has 1 saturated heterocycles. The zero-order valence-corrected chi connectivity index (χ0v) is 21.2. The van der Waals surface area contributed by atoms with Crippen molar-refractivity contribution in [1.82, 2.24) is 15.2 Å². The average Bonchev–Trinajstić information content (AvgIpc) is 3.42. The van der Waals surface area contributed by atoms with E-state index in [9.17, 15) is 9.59 Å². The van der Waals surface area contributed by atoms with Gasteiger partial charge in [0.05, 0.1) is 15.8 Å². The number of carbonyl (C=O) groups is 2. The molecule has 0 radical (unpaired) electrons. The summed E-state index contributed by atoms with van der Waals surface area (Å²) in [6.07, 6.45) is 5.06. The minimum Gasteiger partial charge on any atom is -0.479 e. The number of likely N-dealkylation sites (tertiary alicyclic amines) is 1. The summed E-state index contributed by atoms with van der Waals surface area (Å²) < 4.78 is 7.31. The van der Waals surface area contributed by atoms with Gasteiger partial charge in [0.1, 0.15) is 5.75 Å². The first-order valence-corrected chi connectivity index (χ1v) is 12.9. The number of amides is 2. The van der Waals surface area contributed by atoms with Crippen LogP contribution in [-0.2, 0) is 21.5 Å². The van der Waals surface area contributed by atoms with E-state index >= 15 is 0 Å². The lowest BCUT2D eigenvalue weighted by molar-refractivity contribution is -0.138. The Morgan fingerprint density at radius 1 is 1.18 bits per heavy atom. The molecule has 1 fully saturated rings. The van der Waals surface area contributed by atoms with Gasteiger partial charge in [0.15, 0.2) is 6.10 Å². The molecule has 2 amide bonds. The number of benzene rings is 1. The van der Waals surface area contributed by atoms with Gasteiger partial charge in [-0.2, -0.15) is 0 Å². The lowest BCUT2D eigenvalue weighted by atomic mass is 10.00. The highest BCUT2D eigenvalue weighted by atomic mass is 35.5. The minimum absolute atomic E-state index is 0.0633. The van der Waals surface area contributed by atoms with Crippen LogP contribution in [-0.4, -0.2) is 40.9 Å². The molecule has 5 rings (SSSR count). The van der Waals surface area contributed by atoms with Gasteiger partial charge < -0.3 is 15.0 Å². The van der Waals surface area contributed by atoms with Crippen molar-refractivity contribution in [2.24, 2.45) is 0 Å². The molecule has 1 N–H and O–H groups in total. The summed E-state index contributed by atoms with van der Waals surface area (Å²) in [5.41, 5.74) is 3.12. The van der Waals surface area contributed by atoms with Crippen molar-refractivity contribution in [2.45, 2.75) is 58.1 Å². The van der Waals surface area contributed by atoms with Crippen LogP contribution in [0.4, 0.5) is 0 Å². The first-order chi connectivity index (χ1) is 16.2. The minimum atomic E-state index is -0.521. The quantitative estimate of drug-likeness (QED) is 0.530. The second-order valence-corrected chi connectivity index (χ2v) is 11.1. The molecule has 1 atom stereocenters. The van der Waals surface area contributed by atoms with Gasteiger partial charge in [0.2, 0.25) is 5.91 Å².